The molecule has 0 radical (unpaired) electrons. The molecular weight excluding hydrogens is 192 g/mol. The average Bonchev–Trinajstić information content (AvgIpc) is 2.15. The van der Waals surface area contributed by atoms with E-state index in [1.54, 1.807) is 0 Å². The Hall–Kier alpha value is 0.0300. The van der Waals surface area contributed by atoms with Crippen molar-refractivity contribution in [1.82, 2.24) is 0 Å². The van der Waals surface area contributed by atoms with Gasteiger partial charge in [-0.25, -0.2) is 0 Å². The van der Waals surface area contributed by atoms with Gasteiger partial charge in [-0.05, 0) is 26.2 Å². The molecule has 84 valence electrons. The molecule has 0 aliphatic rings. The molecule has 0 aromatic heterocycles. The van der Waals surface area contributed by atoms with Crippen molar-refractivity contribution in [1.29, 1.82) is 0 Å². The van der Waals surface area contributed by atoms with Gasteiger partial charge in [0.25, 0.3) is 0 Å². The molecule has 0 N–H and O–H groups in total. The van der Waals surface area contributed by atoms with Gasteiger partial charge in [-0.15, -0.1) is 18.2 Å². The summed E-state index contributed by atoms with van der Waals surface area (Å²) in [4.78, 5) is 0. The van der Waals surface area contributed by atoms with E-state index in [9.17, 15) is 0 Å². The van der Waals surface area contributed by atoms with Crippen LogP contribution in [0.5, 0.6) is 0 Å². The van der Waals surface area contributed by atoms with Crippen molar-refractivity contribution in [2.24, 2.45) is 0 Å². The van der Waals surface area contributed by atoms with Crippen molar-refractivity contribution in [2.75, 3.05) is 0 Å². The molecule has 0 aliphatic heterocycles. The molecule has 0 aromatic rings. The van der Waals surface area contributed by atoms with Gasteiger partial charge in [0.1, 0.15) is 0 Å². The molecule has 0 rings (SSSR count). The van der Waals surface area contributed by atoms with Gasteiger partial charge in [-0.2, -0.15) is 0 Å². The maximum absolute atomic E-state index is 5.87. The van der Waals surface area contributed by atoms with Crippen LogP contribution in [0.15, 0.2) is 12.7 Å². The summed E-state index contributed by atoms with van der Waals surface area (Å²) in [6.45, 7) is 5.80. The maximum Gasteiger partial charge on any atom is 0.0307 e. The number of alkyl halides is 1. The molecule has 0 aliphatic carbocycles. The van der Waals surface area contributed by atoms with E-state index in [2.05, 4.69) is 13.5 Å². The van der Waals surface area contributed by atoms with Crippen LogP contribution in [0, 0.1) is 0 Å². The standard InChI is InChI=1S/C13H25Cl/c1-3-4-5-6-7-8-9-10-11-12-13(2)14/h3,13H,1,4-12H2,2H3. The smallest absolute Gasteiger partial charge is 0.0307 e. The highest BCUT2D eigenvalue weighted by Gasteiger charge is 1.95. The van der Waals surface area contributed by atoms with E-state index < -0.39 is 0 Å². The summed E-state index contributed by atoms with van der Waals surface area (Å²) in [6.07, 6.45) is 13.9. The normalized spacial score (nSPS) is 12.7. The van der Waals surface area contributed by atoms with Crippen molar-refractivity contribution in [3.63, 3.8) is 0 Å². The van der Waals surface area contributed by atoms with Gasteiger partial charge in [0.2, 0.25) is 0 Å². The van der Waals surface area contributed by atoms with Gasteiger partial charge < -0.3 is 0 Å². The van der Waals surface area contributed by atoms with E-state index in [1.165, 1.54) is 57.8 Å². The lowest BCUT2D eigenvalue weighted by atomic mass is 10.1. The van der Waals surface area contributed by atoms with E-state index in [0.29, 0.717) is 5.38 Å². The molecule has 1 unspecified atom stereocenters. The number of hydrogen-bond acceptors (Lipinski definition) is 0. The second-order valence-electron chi connectivity index (χ2n) is 4.12. The minimum absolute atomic E-state index is 0.364. The number of hydrogen-bond donors (Lipinski definition) is 0. The Morgan fingerprint density at radius 2 is 1.50 bits per heavy atom. The highest BCUT2D eigenvalue weighted by Crippen LogP contribution is 2.12. The van der Waals surface area contributed by atoms with Crippen LogP contribution in [0.25, 0.3) is 0 Å². The van der Waals surface area contributed by atoms with Gasteiger partial charge in [-0.3, -0.25) is 0 Å². The summed E-state index contributed by atoms with van der Waals surface area (Å²) >= 11 is 5.87. The van der Waals surface area contributed by atoms with Crippen molar-refractivity contribution >= 4 is 11.6 Å². The molecule has 14 heavy (non-hydrogen) atoms. The Bertz CT molecular complexity index is 118. The van der Waals surface area contributed by atoms with E-state index in [-0.39, 0.29) is 0 Å². The third-order valence-electron chi connectivity index (χ3n) is 2.51. The maximum atomic E-state index is 5.87. The number of rotatable bonds is 10. The quantitative estimate of drug-likeness (QED) is 0.264. The topological polar surface area (TPSA) is 0 Å². The summed E-state index contributed by atoms with van der Waals surface area (Å²) in [5, 5.41) is 0.364. The first kappa shape index (κ1) is 14.0. The van der Waals surface area contributed by atoms with Gasteiger partial charge >= 0.3 is 0 Å². The van der Waals surface area contributed by atoms with Gasteiger partial charge in [-0.1, -0.05) is 44.6 Å². The van der Waals surface area contributed by atoms with Crippen LogP contribution < -0.4 is 0 Å². The van der Waals surface area contributed by atoms with Crippen molar-refractivity contribution in [3.05, 3.63) is 12.7 Å². The lowest BCUT2D eigenvalue weighted by molar-refractivity contribution is 0.568. The Kier molecular flexibility index (Phi) is 11.1. The van der Waals surface area contributed by atoms with Crippen LogP contribution in [0.2, 0.25) is 0 Å². The zero-order valence-corrected chi connectivity index (χ0v) is 10.4. The molecule has 0 heterocycles. The number of allylic oxidation sites excluding steroid dienone is 1. The zero-order chi connectivity index (χ0) is 10.6. The SMILES string of the molecule is C=CCCCCCCCCCC(C)Cl. The molecule has 0 nitrogen and oxygen atoms in total. The minimum Gasteiger partial charge on any atom is -0.123 e. The first-order valence-corrected chi connectivity index (χ1v) is 6.46. The molecular formula is C13H25Cl. The Morgan fingerprint density at radius 3 is 2.00 bits per heavy atom. The molecule has 1 heteroatoms. The van der Waals surface area contributed by atoms with Crippen LogP contribution in [-0.2, 0) is 0 Å². The fraction of sp³-hybridized carbons (Fsp3) is 0.846. The fourth-order valence-electron chi connectivity index (χ4n) is 1.60. The highest BCUT2D eigenvalue weighted by atomic mass is 35.5. The third kappa shape index (κ3) is 12.0. The van der Waals surface area contributed by atoms with Crippen LogP contribution in [-0.4, -0.2) is 5.38 Å². The van der Waals surface area contributed by atoms with Gasteiger partial charge in [0, 0.05) is 5.38 Å². The van der Waals surface area contributed by atoms with E-state index in [4.69, 9.17) is 11.6 Å². The summed E-state index contributed by atoms with van der Waals surface area (Å²) < 4.78 is 0. The van der Waals surface area contributed by atoms with Crippen molar-refractivity contribution in [3.8, 4) is 0 Å². The highest BCUT2D eigenvalue weighted by molar-refractivity contribution is 6.20. The monoisotopic (exact) mass is 216 g/mol. The lowest BCUT2D eigenvalue weighted by Gasteiger charge is -2.02. The summed E-state index contributed by atoms with van der Waals surface area (Å²) in [6, 6.07) is 0. The zero-order valence-electron chi connectivity index (χ0n) is 9.60. The largest absolute Gasteiger partial charge is 0.123 e. The number of halogens is 1. The van der Waals surface area contributed by atoms with E-state index in [1.807, 2.05) is 6.08 Å². The summed E-state index contributed by atoms with van der Waals surface area (Å²) in [7, 11) is 0. The predicted molar refractivity (Wildman–Crippen MR) is 67.1 cm³/mol. The Balaban J connectivity index is 2.88. The molecule has 0 spiro atoms. The fourth-order valence-corrected chi connectivity index (χ4v) is 1.75. The summed E-state index contributed by atoms with van der Waals surface area (Å²) in [5.74, 6) is 0. The third-order valence-corrected chi connectivity index (χ3v) is 2.73. The van der Waals surface area contributed by atoms with Crippen LogP contribution in [0.1, 0.15) is 64.7 Å². The molecule has 0 fully saturated rings. The van der Waals surface area contributed by atoms with Gasteiger partial charge in [0.05, 0.1) is 0 Å². The molecule has 1 atom stereocenters. The molecule has 0 saturated carbocycles. The van der Waals surface area contributed by atoms with Crippen molar-refractivity contribution < 1.29 is 0 Å². The molecule has 0 bridgehead atoms. The van der Waals surface area contributed by atoms with Crippen LogP contribution >= 0.6 is 11.6 Å². The Labute approximate surface area is 94.7 Å². The first-order valence-electron chi connectivity index (χ1n) is 6.02. The minimum atomic E-state index is 0.364. The Morgan fingerprint density at radius 1 is 1.00 bits per heavy atom. The first-order chi connectivity index (χ1) is 6.77. The molecule has 0 aromatic carbocycles. The average molecular weight is 217 g/mol. The van der Waals surface area contributed by atoms with Crippen molar-refractivity contribution in [2.45, 2.75) is 70.1 Å². The van der Waals surface area contributed by atoms with Gasteiger partial charge in [0.15, 0.2) is 0 Å². The van der Waals surface area contributed by atoms with Crippen LogP contribution in [0.4, 0.5) is 0 Å². The second-order valence-corrected chi connectivity index (χ2v) is 4.87. The second kappa shape index (κ2) is 11.1. The molecule has 0 saturated heterocycles. The van der Waals surface area contributed by atoms with E-state index in [0.717, 1.165) is 0 Å². The molecule has 0 amide bonds. The summed E-state index contributed by atoms with van der Waals surface area (Å²) in [5.41, 5.74) is 0. The predicted octanol–water partition coefficient (Wildman–Crippen LogP) is 5.31. The van der Waals surface area contributed by atoms with E-state index >= 15 is 0 Å². The number of unbranched alkanes of at least 4 members (excludes halogenated alkanes) is 7. The lowest BCUT2D eigenvalue weighted by Crippen LogP contribution is -1.90. The van der Waals surface area contributed by atoms with Crippen LogP contribution in [0.3, 0.4) is 0 Å².